The smallest absolute Gasteiger partial charge is 0.0631 e. The molecule has 1 saturated heterocycles. The van der Waals surface area contributed by atoms with Crippen molar-refractivity contribution < 1.29 is 5.11 Å². The second kappa shape index (κ2) is 4.44. The van der Waals surface area contributed by atoms with Crippen molar-refractivity contribution in [3.05, 3.63) is 29.8 Å². The van der Waals surface area contributed by atoms with Crippen LogP contribution < -0.4 is 10.2 Å². The predicted molar refractivity (Wildman–Crippen MR) is 66.9 cm³/mol. The van der Waals surface area contributed by atoms with Crippen LogP contribution in [-0.2, 0) is 0 Å². The van der Waals surface area contributed by atoms with E-state index >= 15 is 0 Å². The van der Waals surface area contributed by atoms with Gasteiger partial charge in [0.2, 0.25) is 0 Å². The zero-order valence-electron chi connectivity index (χ0n) is 10.0. The fourth-order valence-corrected chi connectivity index (χ4v) is 2.41. The summed E-state index contributed by atoms with van der Waals surface area (Å²) in [5.41, 5.74) is 2.46. The Morgan fingerprint density at radius 2 is 2.19 bits per heavy atom. The number of hydrogen-bond donors (Lipinski definition) is 2. The monoisotopic (exact) mass is 220 g/mol. The molecule has 1 heterocycles. The van der Waals surface area contributed by atoms with Gasteiger partial charge >= 0.3 is 0 Å². The Morgan fingerprint density at radius 1 is 1.44 bits per heavy atom. The number of aliphatic hydroxyl groups excluding tert-OH is 1. The minimum absolute atomic E-state index is 0.123. The Balaban J connectivity index is 2.18. The molecule has 0 radical (unpaired) electrons. The number of anilines is 1. The third kappa shape index (κ3) is 1.93. The summed E-state index contributed by atoms with van der Waals surface area (Å²) >= 11 is 0. The Morgan fingerprint density at radius 3 is 2.75 bits per heavy atom. The van der Waals surface area contributed by atoms with Crippen LogP contribution in [0.1, 0.15) is 12.0 Å². The third-order valence-electron chi connectivity index (χ3n) is 3.64. The summed E-state index contributed by atoms with van der Waals surface area (Å²) in [5.74, 6) is 0. The Labute approximate surface area is 97.1 Å². The molecule has 1 aromatic carbocycles. The summed E-state index contributed by atoms with van der Waals surface area (Å²) in [4.78, 5) is 2.35. The van der Waals surface area contributed by atoms with E-state index in [9.17, 15) is 5.11 Å². The predicted octanol–water partition coefficient (Wildman–Crippen LogP) is 1.16. The van der Waals surface area contributed by atoms with Crippen molar-refractivity contribution in [1.29, 1.82) is 0 Å². The van der Waals surface area contributed by atoms with Crippen LogP contribution in [0.3, 0.4) is 0 Å². The van der Waals surface area contributed by atoms with Crippen molar-refractivity contribution in [2.24, 2.45) is 0 Å². The summed E-state index contributed by atoms with van der Waals surface area (Å²) in [6, 6.07) is 8.42. The number of likely N-dealkylation sites (N-methyl/N-ethyl adjacent to an activating group) is 1. The zero-order chi connectivity index (χ0) is 11.6. The van der Waals surface area contributed by atoms with E-state index < -0.39 is 0 Å². The highest BCUT2D eigenvalue weighted by Crippen LogP contribution is 2.28. The van der Waals surface area contributed by atoms with Crippen LogP contribution in [0.15, 0.2) is 24.3 Å². The van der Waals surface area contributed by atoms with Gasteiger partial charge in [-0.15, -0.1) is 0 Å². The number of aliphatic hydroxyl groups is 1. The minimum atomic E-state index is -0.123. The zero-order valence-corrected chi connectivity index (χ0v) is 10.0. The van der Waals surface area contributed by atoms with E-state index in [4.69, 9.17) is 0 Å². The maximum absolute atomic E-state index is 9.46. The molecule has 1 unspecified atom stereocenters. The molecule has 0 bridgehead atoms. The molecular weight excluding hydrogens is 200 g/mol. The van der Waals surface area contributed by atoms with E-state index in [-0.39, 0.29) is 12.1 Å². The number of nitrogens with zero attached hydrogens (tertiary/aromatic N) is 1. The first kappa shape index (κ1) is 11.4. The van der Waals surface area contributed by atoms with E-state index in [1.54, 1.807) is 0 Å². The van der Waals surface area contributed by atoms with Gasteiger partial charge in [0.05, 0.1) is 12.1 Å². The number of benzene rings is 1. The van der Waals surface area contributed by atoms with Gasteiger partial charge in [-0.05, 0) is 32.0 Å². The normalized spacial score (nSPS) is 25.1. The Hall–Kier alpha value is -1.06. The first-order valence-electron chi connectivity index (χ1n) is 5.81. The molecule has 3 heteroatoms. The molecular formula is C13H20N2O. The third-order valence-corrected chi connectivity index (χ3v) is 3.64. The highest BCUT2D eigenvalue weighted by molar-refractivity contribution is 5.54. The molecule has 1 aliphatic heterocycles. The standard InChI is InChI=1S/C13H20N2O/c1-11-5-3-4-6-12(11)15-8-7-13(9-15,10-16)14-2/h3-6,14,16H,7-10H2,1-2H3. The topological polar surface area (TPSA) is 35.5 Å². The van der Waals surface area contributed by atoms with Gasteiger partial charge in [-0.25, -0.2) is 0 Å². The summed E-state index contributed by atoms with van der Waals surface area (Å²) in [6.45, 7) is 4.22. The minimum Gasteiger partial charge on any atom is -0.394 e. The van der Waals surface area contributed by atoms with Crippen molar-refractivity contribution in [1.82, 2.24) is 5.32 Å². The fraction of sp³-hybridized carbons (Fsp3) is 0.538. The molecule has 0 saturated carbocycles. The van der Waals surface area contributed by atoms with Crippen LogP contribution in [0, 0.1) is 6.92 Å². The Bertz CT molecular complexity index is 361. The van der Waals surface area contributed by atoms with Crippen molar-refractivity contribution in [3.63, 3.8) is 0 Å². The van der Waals surface area contributed by atoms with Gasteiger partial charge in [-0.3, -0.25) is 0 Å². The SMILES string of the molecule is CNC1(CO)CCN(c2ccccc2C)C1. The van der Waals surface area contributed by atoms with Gasteiger partial charge in [0.15, 0.2) is 0 Å². The fourth-order valence-electron chi connectivity index (χ4n) is 2.41. The van der Waals surface area contributed by atoms with Crippen LogP contribution in [0.25, 0.3) is 0 Å². The number of rotatable bonds is 3. The molecule has 88 valence electrons. The lowest BCUT2D eigenvalue weighted by Crippen LogP contribution is -2.48. The van der Waals surface area contributed by atoms with Gasteiger partial charge in [0.25, 0.3) is 0 Å². The first-order valence-corrected chi connectivity index (χ1v) is 5.81. The van der Waals surface area contributed by atoms with Crippen LogP contribution in [-0.4, -0.2) is 37.4 Å². The average molecular weight is 220 g/mol. The van der Waals surface area contributed by atoms with Crippen LogP contribution in [0.2, 0.25) is 0 Å². The Kier molecular flexibility index (Phi) is 3.17. The van der Waals surface area contributed by atoms with E-state index in [2.05, 4.69) is 41.4 Å². The van der Waals surface area contributed by atoms with Crippen molar-refractivity contribution >= 4 is 5.69 Å². The van der Waals surface area contributed by atoms with Crippen molar-refractivity contribution in [3.8, 4) is 0 Å². The highest BCUT2D eigenvalue weighted by atomic mass is 16.3. The molecule has 1 atom stereocenters. The molecule has 2 rings (SSSR count). The molecule has 0 spiro atoms. The molecule has 3 nitrogen and oxygen atoms in total. The quantitative estimate of drug-likeness (QED) is 0.802. The van der Waals surface area contributed by atoms with Crippen LogP contribution in [0.4, 0.5) is 5.69 Å². The number of aryl methyl sites for hydroxylation is 1. The lowest BCUT2D eigenvalue weighted by Gasteiger charge is -2.27. The lowest BCUT2D eigenvalue weighted by atomic mass is 10.0. The maximum Gasteiger partial charge on any atom is 0.0631 e. The molecule has 1 aromatic rings. The summed E-state index contributed by atoms with van der Waals surface area (Å²) in [5, 5.41) is 12.7. The summed E-state index contributed by atoms with van der Waals surface area (Å²) in [7, 11) is 1.93. The van der Waals surface area contributed by atoms with Crippen LogP contribution >= 0.6 is 0 Å². The molecule has 1 aliphatic rings. The van der Waals surface area contributed by atoms with Crippen molar-refractivity contribution in [2.75, 3.05) is 31.6 Å². The summed E-state index contributed by atoms with van der Waals surface area (Å²) < 4.78 is 0. The maximum atomic E-state index is 9.46. The molecule has 0 aliphatic carbocycles. The average Bonchev–Trinajstić information content (AvgIpc) is 2.75. The number of para-hydroxylation sites is 1. The second-order valence-corrected chi connectivity index (χ2v) is 4.65. The summed E-state index contributed by atoms with van der Waals surface area (Å²) in [6.07, 6.45) is 0.994. The van der Waals surface area contributed by atoms with Crippen LogP contribution in [0.5, 0.6) is 0 Å². The largest absolute Gasteiger partial charge is 0.394 e. The van der Waals surface area contributed by atoms with E-state index in [0.717, 1.165) is 19.5 Å². The van der Waals surface area contributed by atoms with Gasteiger partial charge in [-0.2, -0.15) is 0 Å². The second-order valence-electron chi connectivity index (χ2n) is 4.65. The molecule has 1 fully saturated rings. The number of hydrogen-bond acceptors (Lipinski definition) is 3. The van der Waals surface area contributed by atoms with E-state index in [1.165, 1.54) is 11.3 Å². The van der Waals surface area contributed by atoms with Crippen molar-refractivity contribution in [2.45, 2.75) is 18.9 Å². The van der Waals surface area contributed by atoms with E-state index in [0.29, 0.717) is 0 Å². The molecule has 16 heavy (non-hydrogen) atoms. The van der Waals surface area contributed by atoms with Gasteiger partial charge in [-0.1, -0.05) is 18.2 Å². The molecule has 0 aromatic heterocycles. The lowest BCUT2D eigenvalue weighted by molar-refractivity contribution is 0.184. The van der Waals surface area contributed by atoms with E-state index in [1.807, 2.05) is 7.05 Å². The first-order chi connectivity index (χ1) is 7.71. The van der Waals surface area contributed by atoms with Gasteiger partial charge in [0, 0.05) is 18.8 Å². The highest BCUT2D eigenvalue weighted by Gasteiger charge is 2.36. The van der Waals surface area contributed by atoms with Gasteiger partial charge in [0.1, 0.15) is 0 Å². The molecule has 0 amide bonds. The van der Waals surface area contributed by atoms with Gasteiger partial charge < -0.3 is 15.3 Å². The number of nitrogens with one attached hydrogen (secondary N) is 1. The molecule has 2 N–H and O–H groups in total.